The molecular formula is C8H13N3OS. The van der Waals surface area contributed by atoms with E-state index in [4.69, 9.17) is 12.2 Å². The summed E-state index contributed by atoms with van der Waals surface area (Å²) in [5.41, 5.74) is 0.234. The molecule has 2 N–H and O–H groups in total. The van der Waals surface area contributed by atoms with E-state index in [9.17, 15) is 4.79 Å². The lowest BCUT2D eigenvalue weighted by Crippen LogP contribution is -2.22. The maximum Gasteiger partial charge on any atom is 0.342 e. The lowest BCUT2D eigenvalue weighted by molar-refractivity contribution is 0.400. The van der Waals surface area contributed by atoms with Gasteiger partial charge in [-0.05, 0) is 36.9 Å². The van der Waals surface area contributed by atoms with Gasteiger partial charge in [0, 0.05) is 6.54 Å². The molecule has 0 amide bonds. The van der Waals surface area contributed by atoms with Crippen LogP contribution in [0.15, 0.2) is 4.79 Å². The quantitative estimate of drug-likeness (QED) is 0.723. The predicted octanol–water partition coefficient (Wildman–Crippen LogP) is 1.42. The van der Waals surface area contributed by atoms with Gasteiger partial charge >= 0.3 is 5.69 Å². The normalized spacial score (nSPS) is 18.8. The van der Waals surface area contributed by atoms with Crippen molar-refractivity contribution in [3.05, 3.63) is 15.3 Å². The molecule has 1 saturated carbocycles. The second-order valence-corrected chi connectivity index (χ2v) is 4.19. The number of hydrogen-bond acceptors (Lipinski definition) is 2. The van der Waals surface area contributed by atoms with Gasteiger partial charge in [-0.3, -0.25) is 9.67 Å². The minimum absolute atomic E-state index is 0.121. The van der Waals surface area contributed by atoms with Crippen molar-refractivity contribution < 1.29 is 0 Å². The Morgan fingerprint density at radius 3 is 2.62 bits per heavy atom. The van der Waals surface area contributed by atoms with Crippen LogP contribution in [-0.2, 0) is 6.54 Å². The molecule has 1 aromatic rings. The average Bonchev–Trinajstić information content (AvgIpc) is 2.84. The molecule has 1 fully saturated rings. The first kappa shape index (κ1) is 8.74. The highest BCUT2D eigenvalue weighted by Crippen LogP contribution is 2.49. The second kappa shape index (κ2) is 2.83. The van der Waals surface area contributed by atoms with Gasteiger partial charge in [0.25, 0.3) is 0 Å². The summed E-state index contributed by atoms with van der Waals surface area (Å²) >= 11 is 4.99. The maximum absolute atomic E-state index is 11.3. The fourth-order valence-electron chi connectivity index (χ4n) is 1.61. The van der Waals surface area contributed by atoms with E-state index in [0.717, 1.165) is 13.0 Å². The molecule has 0 unspecified atom stereocenters. The molecule has 2 rings (SSSR count). The van der Waals surface area contributed by atoms with Crippen LogP contribution in [0, 0.1) is 10.2 Å². The SMILES string of the molecule is CCC1(Cn2c(=O)[nH][nH]c2=S)CC1. The number of aromatic amines is 2. The Balaban J connectivity index is 2.28. The molecule has 1 aromatic heterocycles. The monoisotopic (exact) mass is 199 g/mol. The second-order valence-electron chi connectivity index (χ2n) is 3.80. The molecule has 5 heteroatoms. The minimum Gasteiger partial charge on any atom is -0.272 e. The van der Waals surface area contributed by atoms with Gasteiger partial charge in [-0.15, -0.1) is 0 Å². The van der Waals surface area contributed by atoms with Gasteiger partial charge < -0.3 is 0 Å². The average molecular weight is 199 g/mol. The third-order valence-corrected chi connectivity index (χ3v) is 3.29. The smallest absolute Gasteiger partial charge is 0.272 e. The van der Waals surface area contributed by atoms with E-state index >= 15 is 0 Å². The van der Waals surface area contributed by atoms with Crippen LogP contribution in [0.2, 0.25) is 0 Å². The zero-order chi connectivity index (χ0) is 9.47. The highest BCUT2D eigenvalue weighted by Gasteiger charge is 2.41. The standard InChI is InChI=1S/C8H13N3OS/c1-2-8(3-4-8)5-11-6(12)9-10-7(11)13/h2-5H2,1H3,(H,9,12)(H,10,13). The molecule has 0 aromatic carbocycles. The molecule has 0 spiro atoms. The summed E-state index contributed by atoms with van der Waals surface area (Å²) in [4.78, 5) is 11.3. The summed E-state index contributed by atoms with van der Waals surface area (Å²) in [7, 11) is 0. The van der Waals surface area contributed by atoms with Crippen molar-refractivity contribution in [2.45, 2.75) is 32.7 Å². The molecule has 72 valence electrons. The van der Waals surface area contributed by atoms with Crippen molar-refractivity contribution in [3.8, 4) is 0 Å². The number of nitrogens with one attached hydrogen (secondary N) is 2. The van der Waals surface area contributed by atoms with Crippen molar-refractivity contribution in [2.75, 3.05) is 0 Å². The minimum atomic E-state index is -0.121. The largest absolute Gasteiger partial charge is 0.342 e. The maximum atomic E-state index is 11.3. The number of aromatic nitrogens is 3. The van der Waals surface area contributed by atoms with E-state index in [1.165, 1.54) is 12.8 Å². The van der Waals surface area contributed by atoms with Crippen LogP contribution in [0.5, 0.6) is 0 Å². The van der Waals surface area contributed by atoms with Gasteiger partial charge in [-0.2, -0.15) is 0 Å². The number of nitrogens with zero attached hydrogens (tertiary/aromatic N) is 1. The zero-order valence-electron chi connectivity index (χ0n) is 7.59. The van der Waals surface area contributed by atoms with E-state index in [1.54, 1.807) is 4.57 Å². The van der Waals surface area contributed by atoms with Crippen LogP contribution < -0.4 is 5.69 Å². The Kier molecular flexibility index (Phi) is 1.91. The number of hydrogen-bond donors (Lipinski definition) is 2. The summed E-state index contributed by atoms with van der Waals surface area (Å²) in [5, 5.41) is 5.14. The first-order valence-corrected chi connectivity index (χ1v) is 4.95. The van der Waals surface area contributed by atoms with Gasteiger partial charge in [-0.25, -0.2) is 9.89 Å². The first-order valence-electron chi connectivity index (χ1n) is 4.54. The molecule has 13 heavy (non-hydrogen) atoms. The molecule has 0 atom stereocenters. The molecule has 1 aliphatic rings. The summed E-state index contributed by atoms with van der Waals surface area (Å²) < 4.78 is 2.12. The van der Waals surface area contributed by atoms with E-state index < -0.39 is 0 Å². The third-order valence-electron chi connectivity index (χ3n) is 2.97. The van der Waals surface area contributed by atoms with Gasteiger partial charge in [0.05, 0.1) is 0 Å². The Morgan fingerprint density at radius 2 is 2.23 bits per heavy atom. The summed E-state index contributed by atoms with van der Waals surface area (Å²) in [5.74, 6) is 0. The molecule has 1 aliphatic carbocycles. The van der Waals surface area contributed by atoms with Crippen LogP contribution in [-0.4, -0.2) is 14.8 Å². The molecule has 0 bridgehead atoms. The third kappa shape index (κ3) is 1.48. The fraction of sp³-hybridized carbons (Fsp3) is 0.750. The van der Waals surface area contributed by atoms with Crippen molar-refractivity contribution in [2.24, 2.45) is 5.41 Å². The Hall–Kier alpha value is -0.840. The van der Waals surface area contributed by atoms with Gasteiger partial charge in [0.15, 0.2) is 4.77 Å². The molecule has 4 nitrogen and oxygen atoms in total. The van der Waals surface area contributed by atoms with Crippen LogP contribution in [0.1, 0.15) is 26.2 Å². The van der Waals surface area contributed by atoms with Crippen molar-refractivity contribution in [1.29, 1.82) is 0 Å². The van der Waals surface area contributed by atoms with Gasteiger partial charge in [0.2, 0.25) is 0 Å². The van der Waals surface area contributed by atoms with E-state index in [2.05, 4.69) is 17.1 Å². The number of rotatable bonds is 3. The van der Waals surface area contributed by atoms with Crippen LogP contribution in [0.25, 0.3) is 0 Å². The topological polar surface area (TPSA) is 53.6 Å². The lowest BCUT2D eigenvalue weighted by atomic mass is 10.0. The predicted molar refractivity (Wildman–Crippen MR) is 52.2 cm³/mol. The van der Waals surface area contributed by atoms with Crippen LogP contribution in [0.3, 0.4) is 0 Å². The molecule has 0 saturated heterocycles. The number of H-pyrrole nitrogens is 2. The van der Waals surface area contributed by atoms with Crippen LogP contribution in [0.4, 0.5) is 0 Å². The Labute approximate surface area is 81.0 Å². The van der Waals surface area contributed by atoms with E-state index in [-0.39, 0.29) is 5.69 Å². The molecule has 0 radical (unpaired) electrons. The Bertz CT molecular complexity index is 382. The highest BCUT2D eigenvalue weighted by atomic mass is 32.1. The van der Waals surface area contributed by atoms with E-state index in [1.807, 2.05) is 0 Å². The highest BCUT2D eigenvalue weighted by molar-refractivity contribution is 7.71. The lowest BCUT2D eigenvalue weighted by Gasteiger charge is -2.10. The molecular weight excluding hydrogens is 186 g/mol. The Morgan fingerprint density at radius 1 is 1.54 bits per heavy atom. The van der Waals surface area contributed by atoms with Gasteiger partial charge in [-0.1, -0.05) is 6.92 Å². The van der Waals surface area contributed by atoms with Crippen LogP contribution >= 0.6 is 12.2 Å². The first-order chi connectivity index (χ1) is 6.17. The van der Waals surface area contributed by atoms with E-state index in [0.29, 0.717) is 10.2 Å². The summed E-state index contributed by atoms with van der Waals surface area (Å²) in [6.07, 6.45) is 3.56. The van der Waals surface area contributed by atoms with Crippen molar-refractivity contribution in [3.63, 3.8) is 0 Å². The fourth-order valence-corrected chi connectivity index (χ4v) is 1.81. The zero-order valence-corrected chi connectivity index (χ0v) is 8.41. The summed E-state index contributed by atoms with van der Waals surface area (Å²) in [6.45, 7) is 2.93. The summed E-state index contributed by atoms with van der Waals surface area (Å²) in [6, 6.07) is 0. The van der Waals surface area contributed by atoms with Crippen molar-refractivity contribution in [1.82, 2.24) is 14.8 Å². The molecule has 1 heterocycles. The molecule has 0 aliphatic heterocycles. The van der Waals surface area contributed by atoms with Crippen molar-refractivity contribution >= 4 is 12.2 Å². The van der Waals surface area contributed by atoms with Gasteiger partial charge in [0.1, 0.15) is 0 Å².